The minimum Gasteiger partial charge on any atom is -0.365 e. The Kier molecular flexibility index (Phi) is 4.64. The number of piperazine rings is 1. The lowest BCUT2D eigenvalue weighted by Crippen LogP contribution is -2.51. The van der Waals surface area contributed by atoms with Crippen LogP contribution < -0.4 is 0 Å². The van der Waals surface area contributed by atoms with E-state index in [2.05, 4.69) is 4.98 Å². The Bertz CT molecular complexity index is 748. The van der Waals surface area contributed by atoms with Crippen LogP contribution >= 0.6 is 0 Å². The van der Waals surface area contributed by atoms with Gasteiger partial charge in [-0.2, -0.15) is 0 Å². The summed E-state index contributed by atoms with van der Waals surface area (Å²) in [6.07, 6.45) is 1.80. The molecule has 3 rings (SSSR count). The predicted octanol–water partition coefficient (Wildman–Crippen LogP) is 1.99. The summed E-state index contributed by atoms with van der Waals surface area (Å²) in [7, 11) is 0. The number of amides is 2. The first-order valence-corrected chi connectivity index (χ1v) is 8.00. The molecule has 6 heteroatoms. The first-order valence-electron chi connectivity index (χ1n) is 8.00. The second-order valence-electron chi connectivity index (χ2n) is 5.96. The highest BCUT2D eigenvalue weighted by atomic mass is 19.1. The van der Waals surface area contributed by atoms with E-state index in [9.17, 15) is 14.0 Å². The Morgan fingerprint density at radius 2 is 1.75 bits per heavy atom. The molecular weight excluding hydrogens is 309 g/mol. The van der Waals surface area contributed by atoms with Crippen molar-refractivity contribution in [3.63, 3.8) is 0 Å². The smallest absolute Gasteiger partial charge is 0.255 e. The zero-order chi connectivity index (χ0) is 17.1. The lowest BCUT2D eigenvalue weighted by Gasteiger charge is -2.35. The van der Waals surface area contributed by atoms with E-state index in [1.807, 2.05) is 6.92 Å². The van der Waals surface area contributed by atoms with Gasteiger partial charge in [-0.25, -0.2) is 4.39 Å². The summed E-state index contributed by atoms with van der Waals surface area (Å²) in [4.78, 5) is 31.2. The van der Waals surface area contributed by atoms with Crippen LogP contribution in [-0.4, -0.2) is 52.8 Å². The van der Waals surface area contributed by atoms with Crippen LogP contribution in [-0.2, 0) is 11.2 Å². The summed E-state index contributed by atoms with van der Waals surface area (Å²) >= 11 is 0. The van der Waals surface area contributed by atoms with Crippen molar-refractivity contribution in [1.82, 2.24) is 14.8 Å². The van der Waals surface area contributed by atoms with Crippen LogP contribution in [0.3, 0.4) is 0 Å². The third-order valence-corrected chi connectivity index (χ3v) is 4.40. The van der Waals surface area contributed by atoms with Crippen LogP contribution in [0.15, 0.2) is 36.5 Å². The third kappa shape index (κ3) is 3.32. The summed E-state index contributed by atoms with van der Waals surface area (Å²) < 4.78 is 13.7. The van der Waals surface area contributed by atoms with Crippen molar-refractivity contribution in [1.29, 1.82) is 0 Å². The molecule has 1 fully saturated rings. The number of benzene rings is 1. The highest BCUT2D eigenvalue weighted by Crippen LogP contribution is 2.14. The molecule has 0 atom stereocenters. The van der Waals surface area contributed by atoms with Gasteiger partial charge in [-0.05, 0) is 24.6 Å². The van der Waals surface area contributed by atoms with E-state index < -0.39 is 0 Å². The van der Waals surface area contributed by atoms with Gasteiger partial charge in [-0.15, -0.1) is 0 Å². The molecule has 1 aromatic carbocycles. The monoisotopic (exact) mass is 329 g/mol. The molecule has 126 valence electrons. The molecule has 5 nitrogen and oxygen atoms in total. The van der Waals surface area contributed by atoms with Crippen molar-refractivity contribution in [3.8, 4) is 0 Å². The number of carbonyl (C=O) groups is 2. The molecule has 0 saturated carbocycles. The molecule has 0 aliphatic carbocycles. The Labute approximate surface area is 140 Å². The van der Waals surface area contributed by atoms with Gasteiger partial charge in [0, 0.05) is 38.1 Å². The Balaban J connectivity index is 1.57. The average molecular weight is 329 g/mol. The Morgan fingerprint density at radius 1 is 1.08 bits per heavy atom. The van der Waals surface area contributed by atoms with Gasteiger partial charge in [0.15, 0.2) is 0 Å². The van der Waals surface area contributed by atoms with E-state index in [4.69, 9.17) is 0 Å². The normalized spacial score (nSPS) is 14.8. The van der Waals surface area contributed by atoms with Crippen molar-refractivity contribution in [2.45, 2.75) is 13.3 Å². The number of aromatic amines is 1. The summed E-state index contributed by atoms with van der Waals surface area (Å²) in [5.41, 5.74) is 1.92. The molecule has 0 bridgehead atoms. The zero-order valence-electron chi connectivity index (χ0n) is 13.6. The zero-order valence-corrected chi connectivity index (χ0v) is 13.6. The molecule has 0 radical (unpaired) electrons. The van der Waals surface area contributed by atoms with Crippen molar-refractivity contribution >= 4 is 11.8 Å². The molecule has 1 aliphatic rings. The van der Waals surface area contributed by atoms with E-state index in [1.165, 1.54) is 6.07 Å². The molecule has 1 aliphatic heterocycles. The lowest BCUT2D eigenvalue weighted by molar-refractivity contribution is -0.132. The second kappa shape index (κ2) is 6.86. The minimum atomic E-state index is -0.359. The number of hydrogen-bond donors (Lipinski definition) is 1. The first kappa shape index (κ1) is 16.2. The largest absolute Gasteiger partial charge is 0.365 e. The second-order valence-corrected chi connectivity index (χ2v) is 5.96. The fourth-order valence-corrected chi connectivity index (χ4v) is 2.93. The molecule has 1 saturated heterocycles. The van der Waals surface area contributed by atoms with Gasteiger partial charge >= 0.3 is 0 Å². The molecule has 0 spiro atoms. The maximum Gasteiger partial charge on any atom is 0.255 e. The number of aromatic nitrogens is 1. The van der Waals surface area contributed by atoms with Crippen LogP contribution in [0.2, 0.25) is 0 Å². The number of H-pyrrole nitrogens is 1. The van der Waals surface area contributed by atoms with E-state index in [-0.39, 0.29) is 24.1 Å². The number of nitrogens with zero attached hydrogens (tertiary/aromatic N) is 2. The lowest BCUT2D eigenvalue weighted by atomic mass is 10.1. The standard InChI is InChI=1S/C18H20FN3O2/c1-13-15(6-7-20-13)18(24)22-10-8-21(9-11-22)17(23)12-14-4-2-3-5-16(14)19/h2-7,20H,8-12H2,1H3. The fourth-order valence-electron chi connectivity index (χ4n) is 2.93. The summed E-state index contributed by atoms with van der Waals surface area (Å²) in [6, 6.07) is 8.09. The van der Waals surface area contributed by atoms with Gasteiger partial charge < -0.3 is 14.8 Å². The predicted molar refractivity (Wildman–Crippen MR) is 88.1 cm³/mol. The maximum atomic E-state index is 13.7. The maximum absolute atomic E-state index is 13.7. The number of carbonyl (C=O) groups excluding carboxylic acids is 2. The third-order valence-electron chi connectivity index (χ3n) is 4.40. The van der Waals surface area contributed by atoms with Crippen LogP contribution in [0, 0.1) is 12.7 Å². The van der Waals surface area contributed by atoms with Gasteiger partial charge in [0.2, 0.25) is 5.91 Å². The topological polar surface area (TPSA) is 56.4 Å². The van der Waals surface area contributed by atoms with Gasteiger partial charge in [0.25, 0.3) is 5.91 Å². The number of halogens is 1. The Morgan fingerprint density at radius 3 is 2.38 bits per heavy atom. The van der Waals surface area contributed by atoms with E-state index in [0.29, 0.717) is 37.3 Å². The average Bonchev–Trinajstić information content (AvgIpc) is 3.02. The molecule has 2 aromatic rings. The highest BCUT2D eigenvalue weighted by Gasteiger charge is 2.26. The number of aryl methyl sites for hydroxylation is 1. The van der Waals surface area contributed by atoms with E-state index in [1.54, 1.807) is 40.3 Å². The first-order chi connectivity index (χ1) is 11.6. The number of hydrogen-bond acceptors (Lipinski definition) is 2. The SMILES string of the molecule is Cc1[nH]ccc1C(=O)N1CCN(C(=O)Cc2ccccc2F)CC1. The van der Waals surface area contributed by atoms with Crippen molar-refractivity contribution in [2.24, 2.45) is 0 Å². The van der Waals surface area contributed by atoms with Crippen molar-refractivity contribution in [2.75, 3.05) is 26.2 Å². The molecule has 2 amide bonds. The quantitative estimate of drug-likeness (QED) is 0.936. The molecule has 1 N–H and O–H groups in total. The molecule has 0 unspecified atom stereocenters. The highest BCUT2D eigenvalue weighted by molar-refractivity contribution is 5.95. The van der Waals surface area contributed by atoms with Crippen LogP contribution in [0.25, 0.3) is 0 Å². The van der Waals surface area contributed by atoms with Gasteiger partial charge in [-0.3, -0.25) is 9.59 Å². The summed E-state index contributed by atoms with van der Waals surface area (Å²) in [5.74, 6) is -0.484. The van der Waals surface area contributed by atoms with E-state index >= 15 is 0 Å². The van der Waals surface area contributed by atoms with Gasteiger partial charge in [0.1, 0.15) is 5.82 Å². The molecular formula is C18H20FN3O2. The fraction of sp³-hybridized carbons (Fsp3) is 0.333. The number of rotatable bonds is 3. The van der Waals surface area contributed by atoms with Gasteiger partial charge in [0.05, 0.1) is 12.0 Å². The van der Waals surface area contributed by atoms with Crippen LogP contribution in [0.1, 0.15) is 21.6 Å². The minimum absolute atomic E-state index is 0.0186. The number of nitrogens with one attached hydrogen (secondary N) is 1. The van der Waals surface area contributed by atoms with Crippen molar-refractivity contribution in [3.05, 3.63) is 59.2 Å². The Hall–Kier alpha value is -2.63. The molecule has 24 heavy (non-hydrogen) atoms. The van der Waals surface area contributed by atoms with Crippen molar-refractivity contribution < 1.29 is 14.0 Å². The molecule has 2 heterocycles. The summed E-state index contributed by atoms with van der Waals surface area (Å²) in [6.45, 7) is 3.80. The molecule has 1 aromatic heterocycles. The van der Waals surface area contributed by atoms with E-state index in [0.717, 1.165) is 5.69 Å². The van der Waals surface area contributed by atoms with Crippen LogP contribution in [0.5, 0.6) is 0 Å². The van der Waals surface area contributed by atoms with Gasteiger partial charge in [-0.1, -0.05) is 18.2 Å². The summed E-state index contributed by atoms with van der Waals surface area (Å²) in [5, 5.41) is 0. The van der Waals surface area contributed by atoms with Crippen LogP contribution in [0.4, 0.5) is 4.39 Å².